The van der Waals surface area contributed by atoms with Crippen LogP contribution in [-0.2, 0) is 0 Å². The maximum Gasteiger partial charge on any atom is 0.427 e. The highest BCUT2D eigenvalue weighted by atomic mass is 16.4. The third-order valence-electron chi connectivity index (χ3n) is 2.02. The van der Waals surface area contributed by atoms with Gasteiger partial charge < -0.3 is 4.42 Å². The van der Waals surface area contributed by atoms with Crippen LogP contribution in [0, 0.1) is 0 Å². The van der Waals surface area contributed by atoms with Crippen molar-refractivity contribution in [3.63, 3.8) is 0 Å². The third-order valence-corrected chi connectivity index (χ3v) is 2.02. The van der Waals surface area contributed by atoms with Crippen LogP contribution in [0.2, 0.25) is 0 Å². The molecule has 0 atom stereocenters. The number of hydrogen-bond donors (Lipinski definition) is 0. The van der Waals surface area contributed by atoms with Crippen molar-refractivity contribution in [3.05, 3.63) is 47.0 Å². The standard InChI is InChI=1S/C11H9NO3/c1-2-5-10(13)12-8-6-3-4-7-9(8)15-11(12)14/h2-7H,1H3. The second kappa shape index (κ2) is 3.57. The average Bonchev–Trinajstić information content (AvgIpc) is 2.54. The number of carbonyl (C=O) groups excluding carboxylic acids is 1. The average molecular weight is 203 g/mol. The lowest BCUT2D eigenvalue weighted by Gasteiger charge is -1.93. The molecule has 1 aromatic heterocycles. The SMILES string of the molecule is CC=CC(=O)n1c(=O)oc2ccccc21. The van der Waals surface area contributed by atoms with E-state index in [2.05, 4.69) is 0 Å². The highest BCUT2D eigenvalue weighted by molar-refractivity contribution is 5.95. The van der Waals surface area contributed by atoms with Gasteiger partial charge in [-0.25, -0.2) is 9.36 Å². The van der Waals surface area contributed by atoms with Gasteiger partial charge in [0.2, 0.25) is 0 Å². The van der Waals surface area contributed by atoms with Gasteiger partial charge in [-0.2, -0.15) is 0 Å². The lowest BCUT2D eigenvalue weighted by atomic mass is 10.3. The molecular weight excluding hydrogens is 194 g/mol. The van der Waals surface area contributed by atoms with Gasteiger partial charge >= 0.3 is 5.76 Å². The monoisotopic (exact) mass is 203 g/mol. The molecule has 2 aromatic rings. The molecule has 0 saturated carbocycles. The number of oxazole rings is 1. The second-order valence-electron chi connectivity index (χ2n) is 3.01. The van der Waals surface area contributed by atoms with E-state index in [4.69, 9.17) is 4.42 Å². The molecule has 0 amide bonds. The summed E-state index contributed by atoms with van der Waals surface area (Å²) in [6, 6.07) is 6.81. The van der Waals surface area contributed by atoms with Crippen LogP contribution in [-0.4, -0.2) is 10.5 Å². The van der Waals surface area contributed by atoms with Crippen LogP contribution in [0.25, 0.3) is 11.1 Å². The number of aromatic nitrogens is 1. The molecule has 0 N–H and O–H groups in total. The fourth-order valence-electron chi connectivity index (χ4n) is 1.39. The number of rotatable bonds is 1. The van der Waals surface area contributed by atoms with Crippen LogP contribution in [0.1, 0.15) is 11.7 Å². The number of para-hydroxylation sites is 2. The molecule has 0 radical (unpaired) electrons. The molecule has 2 rings (SSSR count). The summed E-state index contributed by atoms with van der Waals surface area (Å²) in [4.78, 5) is 23.0. The highest BCUT2D eigenvalue weighted by Crippen LogP contribution is 2.11. The van der Waals surface area contributed by atoms with Crippen LogP contribution in [0.15, 0.2) is 45.6 Å². The maximum atomic E-state index is 11.6. The first kappa shape index (κ1) is 9.45. The third kappa shape index (κ3) is 1.50. The summed E-state index contributed by atoms with van der Waals surface area (Å²) in [7, 11) is 0. The Morgan fingerprint density at radius 1 is 1.40 bits per heavy atom. The summed E-state index contributed by atoms with van der Waals surface area (Å²) in [6.07, 6.45) is 2.90. The van der Waals surface area contributed by atoms with Crippen LogP contribution in [0.3, 0.4) is 0 Å². The Labute approximate surface area is 85.4 Å². The van der Waals surface area contributed by atoms with E-state index in [1.807, 2.05) is 0 Å². The minimum Gasteiger partial charge on any atom is -0.407 e. The van der Waals surface area contributed by atoms with Crippen LogP contribution in [0.4, 0.5) is 0 Å². The maximum absolute atomic E-state index is 11.6. The van der Waals surface area contributed by atoms with Crippen LogP contribution >= 0.6 is 0 Å². The summed E-state index contributed by atoms with van der Waals surface area (Å²) < 4.78 is 5.93. The van der Waals surface area contributed by atoms with E-state index in [0.717, 1.165) is 4.57 Å². The Morgan fingerprint density at radius 3 is 2.87 bits per heavy atom. The van der Waals surface area contributed by atoms with Gasteiger partial charge in [0.15, 0.2) is 5.58 Å². The Kier molecular flexibility index (Phi) is 2.25. The number of benzene rings is 1. The van der Waals surface area contributed by atoms with Crippen molar-refractivity contribution in [2.45, 2.75) is 6.92 Å². The summed E-state index contributed by atoms with van der Waals surface area (Å²) >= 11 is 0. The molecule has 0 unspecified atom stereocenters. The Morgan fingerprint density at radius 2 is 2.13 bits per heavy atom. The molecule has 0 saturated heterocycles. The van der Waals surface area contributed by atoms with Gasteiger partial charge in [0, 0.05) is 0 Å². The molecule has 1 heterocycles. The first-order valence-electron chi connectivity index (χ1n) is 4.51. The highest BCUT2D eigenvalue weighted by Gasteiger charge is 2.12. The lowest BCUT2D eigenvalue weighted by molar-refractivity contribution is 0.0965. The summed E-state index contributed by atoms with van der Waals surface area (Å²) in [6.45, 7) is 1.71. The smallest absolute Gasteiger partial charge is 0.407 e. The molecule has 0 fully saturated rings. The first-order valence-corrected chi connectivity index (χ1v) is 4.51. The van der Waals surface area contributed by atoms with Gasteiger partial charge in [0.25, 0.3) is 5.91 Å². The van der Waals surface area contributed by atoms with Crippen molar-refractivity contribution in [3.8, 4) is 0 Å². The molecular formula is C11H9NO3. The normalized spacial score (nSPS) is 11.3. The quantitative estimate of drug-likeness (QED) is 0.664. The molecule has 4 nitrogen and oxygen atoms in total. The minimum absolute atomic E-state index is 0.396. The largest absolute Gasteiger partial charge is 0.427 e. The number of nitrogens with zero attached hydrogens (tertiary/aromatic N) is 1. The lowest BCUT2D eigenvalue weighted by Crippen LogP contribution is -2.20. The minimum atomic E-state index is -0.653. The predicted octanol–water partition coefficient (Wildman–Crippen LogP) is 1.81. The second-order valence-corrected chi connectivity index (χ2v) is 3.01. The summed E-state index contributed by atoms with van der Waals surface area (Å²) in [5.74, 6) is -1.05. The van der Waals surface area contributed by atoms with Gasteiger partial charge in [0.05, 0.1) is 5.52 Å². The Balaban J connectivity index is 2.74. The van der Waals surface area contributed by atoms with E-state index in [-0.39, 0.29) is 0 Å². The van der Waals surface area contributed by atoms with Crippen molar-refractivity contribution in [2.75, 3.05) is 0 Å². The fraction of sp³-hybridized carbons (Fsp3) is 0.0909. The molecule has 0 aliphatic heterocycles. The number of carbonyl (C=O) groups is 1. The van der Waals surface area contributed by atoms with E-state index >= 15 is 0 Å². The fourth-order valence-corrected chi connectivity index (χ4v) is 1.39. The molecule has 4 heteroatoms. The van der Waals surface area contributed by atoms with E-state index in [1.54, 1.807) is 37.3 Å². The predicted molar refractivity (Wildman–Crippen MR) is 55.9 cm³/mol. The van der Waals surface area contributed by atoms with Crippen molar-refractivity contribution in [1.29, 1.82) is 0 Å². The Hall–Kier alpha value is -2.10. The summed E-state index contributed by atoms with van der Waals surface area (Å²) in [5.41, 5.74) is 0.908. The van der Waals surface area contributed by atoms with Gasteiger partial charge in [-0.05, 0) is 25.1 Å². The molecule has 0 aliphatic carbocycles. The number of fused-ring (bicyclic) bond motifs is 1. The van der Waals surface area contributed by atoms with Crippen molar-refractivity contribution in [1.82, 2.24) is 4.57 Å². The first-order chi connectivity index (χ1) is 7.24. The molecule has 1 aromatic carbocycles. The van der Waals surface area contributed by atoms with E-state index < -0.39 is 11.7 Å². The van der Waals surface area contributed by atoms with E-state index in [0.29, 0.717) is 11.1 Å². The molecule has 15 heavy (non-hydrogen) atoms. The van der Waals surface area contributed by atoms with Gasteiger partial charge in [-0.1, -0.05) is 18.2 Å². The van der Waals surface area contributed by atoms with E-state index in [1.165, 1.54) is 6.08 Å². The van der Waals surface area contributed by atoms with Gasteiger partial charge in [-0.15, -0.1) is 0 Å². The molecule has 0 aliphatic rings. The molecule has 76 valence electrons. The van der Waals surface area contributed by atoms with Gasteiger partial charge in [0.1, 0.15) is 0 Å². The van der Waals surface area contributed by atoms with E-state index in [9.17, 15) is 9.59 Å². The van der Waals surface area contributed by atoms with Crippen molar-refractivity contribution < 1.29 is 9.21 Å². The zero-order valence-corrected chi connectivity index (χ0v) is 8.14. The molecule has 0 bridgehead atoms. The Bertz CT molecular complexity index is 589. The van der Waals surface area contributed by atoms with Crippen LogP contribution in [0.5, 0.6) is 0 Å². The van der Waals surface area contributed by atoms with Crippen molar-refractivity contribution >= 4 is 17.0 Å². The summed E-state index contributed by atoms with van der Waals surface area (Å²) in [5, 5.41) is 0. The number of hydrogen-bond acceptors (Lipinski definition) is 3. The molecule has 0 spiro atoms. The number of allylic oxidation sites excluding steroid dienone is 2. The topological polar surface area (TPSA) is 52.2 Å². The zero-order valence-electron chi connectivity index (χ0n) is 8.14. The zero-order chi connectivity index (χ0) is 10.8. The van der Waals surface area contributed by atoms with Crippen molar-refractivity contribution in [2.24, 2.45) is 0 Å². The van der Waals surface area contributed by atoms with Crippen LogP contribution < -0.4 is 5.76 Å². The van der Waals surface area contributed by atoms with Gasteiger partial charge in [-0.3, -0.25) is 4.79 Å².